The summed E-state index contributed by atoms with van der Waals surface area (Å²) in [6.45, 7) is 0.00798. The average molecular weight is 202 g/mol. The maximum atomic E-state index is 8.67. The molecule has 0 saturated heterocycles. The van der Waals surface area contributed by atoms with Crippen molar-refractivity contribution < 1.29 is 5.11 Å². The third kappa shape index (κ3) is 2.32. The molecule has 1 aromatic heterocycles. The molecule has 0 fully saturated rings. The predicted octanol–water partition coefficient (Wildman–Crippen LogP) is 0.468. The number of rotatable bonds is 3. The van der Waals surface area contributed by atoms with E-state index in [0.717, 1.165) is 5.56 Å². The zero-order valence-electron chi connectivity index (χ0n) is 8.04. The van der Waals surface area contributed by atoms with E-state index >= 15 is 0 Å². The molecule has 0 bridgehead atoms. The average Bonchev–Trinajstić information content (AvgIpc) is 2.32. The van der Waals surface area contributed by atoms with E-state index in [1.807, 2.05) is 30.3 Å². The molecule has 1 heterocycles. The van der Waals surface area contributed by atoms with Crippen molar-refractivity contribution in [3.63, 3.8) is 0 Å². The molecule has 5 heteroatoms. The summed E-state index contributed by atoms with van der Waals surface area (Å²) >= 11 is 0. The van der Waals surface area contributed by atoms with E-state index in [-0.39, 0.29) is 6.61 Å². The Balaban J connectivity index is 2.24. The molecule has 0 spiro atoms. The first kappa shape index (κ1) is 9.67. The van der Waals surface area contributed by atoms with Gasteiger partial charge in [0.25, 0.3) is 0 Å². The van der Waals surface area contributed by atoms with Gasteiger partial charge >= 0.3 is 0 Å². The molecule has 0 radical (unpaired) electrons. The Kier molecular flexibility index (Phi) is 2.94. The fourth-order valence-corrected chi connectivity index (χ4v) is 1.15. The number of benzene rings is 1. The summed E-state index contributed by atoms with van der Waals surface area (Å²) in [5, 5.41) is 24.3. The molecule has 5 nitrogen and oxygen atoms in total. The monoisotopic (exact) mass is 202 g/mol. The van der Waals surface area contributed by atoms with Gasteiger partial charge < -0.3 is 5.11 Å². The standard InChI is InChI=1S/C10H10N4O/c15-7-6-9-11-13-10(14-12-9)8-4-2-1-3-5-8/h1-5,15H,6-7H2. The third-order valence-electron chi connectivity index (χ3n) is 1.89. The molecule has 1 aromatic carbocycles. The minimum Gasteiger partial charge on any atom is -0.396 e. The topological polar surface area (TPSA) is 71.8 Å². The van der Waals surface area contributed by atoms with Crippen molar-refractivity contribution in [3.05, 3.63) is 36.2 Å². The third-order valence-corrected chi connectivity index (χ3v) is 1.89. The zero-order chi connectivity index (χ0) is 10.5. The summed E-state index contributed by atoms with van der Waals surface area (Å²) in [6.07, 6.45) is 0.384. The van der Waals surface area contributed by atoms with Crippen LogP contribution in [0.25, 0.3) is 11.4 Å². The Morgan fingerprint density at radius 1 is 0.933 bits per heavy atom. The molecule has 0 saturated carbocycles. The minimum absolute atomic E-state index is 0.00798. The van der Waals surface area contributed by atoms with Crippen molar-refractivity contribution in [2.45, 2.75) is 6.42 Å². The molecule has 2 rings (SSSR count). The summed E-state index contributed by atoms with van der Waals surface area (Å²) in [6, 6.07) is 9.51. The van der Waals surface area contributed by atoms with Crippen molar-refractivity contribution in [2.75, 3.05) is 6.61 Å². The first-order valence-corrected chi connectivity index (χ1v) is 4.62. The van der Waals surface area contributed by atoms with Gasteiger partial charge in [0, 0.05) is 12.0 Å². The highest BCUT2D eigenvalue weighted by Crippen LogP contribution is 2.10. The molecule has 0 aliphatic heterocycles. The second-order valence-electron chi connectivity index (χ2n) is 2.98. The van der Waals surface area contributed by atoms with Crippen LogP contribution in [0.15, 0.2) is 30.3 Å². The lowest BCUT2D eigenvalue weighted by Crippen LogP contribution is -2.04. The summed E-state index contributed by atoms with van der Waals surface area (Å²) in [7, 11) is 0. The van der Waals surface area contributed by atoms with Crippen LogP contribution < -0.4 is 0 Å². The molecular formula is C10H10N4O. The SMILES string of the molecule is OCCc1nnc(-c2ccccc2)nn1. The quantitative estimate of drug-likeness (QED) is 0.783. The highest BCUT2D eigenvalue weighted by Gasteiger charge is 2.02. The second-order valence-corrected chi connectivity index (χ2v) is 2.98. The van der Waals surface area contributed by atoms with E-state index in [4.69, 9.17) is 5.11 Å². The van der Waals surface area contributed by atoms with Crippen molar-refractivity contribution >= 4 is 0 Å². The number of nitrogens with zero attached hydrogens (tertiary/aromatic N) is 4. The van der Waals surface area contributed by atoms with Gasteiger partial charge in [0.1, 0.15) is 0 Å². The highest BCUT2D eigenvalue weighted by atomic mass is 16.3. The van der Waals surface area contributed by atoms with Crippen molar-refractivity contribution in [1.29, 1.82) is 0 Å². The van der Waals surface area contributed by atoms with Gasteiger partial charge in [-0.25, -0.2) is 0 Å². The molecule has 0 atom stereocenters. The number of aromatic nitrogens is 4. The minimum atomic E-state index is 0.00798. The fraction of sp³-hybridized carbons (Fsp3) is 0.200. The van der Waals surface area contributed by atoms with Gasteiger partial charge in [0.05, 0.1) is 6.61 Å². The van der Waals surface area contributed by atoms with Crippen LogP contribution in [0.3, 0.4) is 0 Å². The zero-order valence-corrected chi connectivity index (χ0v) is 8.04. The van der Waals surface area contributed by atoms with Crippen LogP contribution in [0, 0.1) is 0 Å². The van der Waals surface area contributed by atoms with Crippen molar-refractivity contribution in [2.24, 2.45) is 0 Å². The summed E-state index contributed by atoms with van der Waals surface area (Å²) in [5.41, 5.74) is 0.882. The van der Waals surface area contributed by atoms with Crippen LogP contribution in [-0.4, -0.2) is 32.1 Å². The summed E-state index contributed by atoms with van der Waals surface area (Å²) < 4.78 is 0. The Morgan fingerprint density at radius 3 is 2.20 bits per heavy atom. The summed E-state index contributed by atoms with van der Waals surface area (Å²) in [4.78, 5) is 0. The molecular weight excluding hydrogens is 192 g/mol. The second kappa shape index (κ2) is 4.56. The van der Waals surface area contributed by atoms with Crippen LogP contribution in [0.5, 0.6) is 0 Å². The van der Waals surface area contributed by atoms with E-state index in [9.17, 15) is 0 Å². The predicted molar refractivity (Wildman–Crippen MR) is 53.8 cm³/mol. The van der Waals surface area contributed by atoms with Crippen LogP contribution in [-0.2, 0) is 6.42 Å². The number of aliphatic hydroxyl groups is 1. The number of hydrogen-bond donors (Lipinski definition) is 1. The van der Waals surface area contributed by atoms with E-state index < -0.39 is 0 Å². The molecule has 0 unspecified atom stereocenters. The number of hydrogen-bond acceptors (Lipinski definition) is 5. The smallest absolute Gasteiger partial charge is 0.203 e. The van der Waals surface area contributed by atoms with Crippen LogP contribution in [0.1, 0.15) is 5.82 Å². The largest absolute Gasteiger partial charge is 0.396 e. The molecule has 15 heavy (non-hydrogen) atoms. The summed E-state index contributed by atoms with van der Waals surface area (Å²) in [5.74, 6) is 0.953. The lowest BCUT2D eigenvalue weighted by Gasteiger charge is -1.98. The normalized spacial score (nSPS) is 10.2. The van der Waals surface area contributed by atoms with E-state index in [0.29, 0.717) is 18.1 Å². The molecule has 0 amide bonds. The van der Waals surface area contributed by atoms with Gasteiger partial charge in [-0.3, -0.25) is 0 Å². The van der Waals surface area contributed by atoms with E-state index in [1.54, 1.807) is 0 Å². The Hall–Kier alpha value is -1.88. The molecule has 2 aromatic rings. The Bertz CT molecular complexity index is 415. The van der Waals surface area contributed by atoms with Crippen molar-refractivity contribution in [1.82, 2.24) is 20.4 Å². The van der Waals surface area contributed by atoms with Crippen molar-refractivity contribution in [3.8, 4) is 11.4 Å². The fourth-order valence-electron chi connectivity index (χ4n) is 1.15. The van der Waals surface area contributed by atoms with Crippen LogP contribution >= 0.6 is 0 Å². The maximum absolute atomic E-state index is 8.67. The van der Waals surface area contributed by atoms with Gasteiger partial charge in [0.15, 0.2) is 5.82 Å². The Labute approximate surface area is 86.8 Å². The van der Waals surface area contributed by atoms with Gasteiger partial charge in [-0.2, -0.15) is 0 Å². The molecule has 1 N–H and O–H groups in total. The molecule has 0 aliphatic rings. The highest BCUT2D eigenvalue weighted by molar-refractivity contribution is 5.52. The van der Waals surface area contributed by atoms with Gasteiger partial charge in [-0.1, -0.05) is 30.3 Å². The molecule has 0 aliphatic carbocycles. The Morgan fingerprint density at radius 2 is 1.60 bits per heavy atom. The number of aliphatic hydroxyl groups excluding tert-OH is 1. The first-order chi connectivity index (χ1) is 7.40. The van der Waals surface area contributed by atoms with E-state index in [2.05, 4.69) is 20.4 Å². The maximum Gasteiger partial charge on any atom is 0.203 e. The first-order valence-electron chi connectivity index (χ1n) is 4.62. The van der Waals surface area contributed by atoms with Crippen LogP contribution in [0.4, 0.5) is 0 Å². The lowest BCUT2D eigenvalue weighted by molar-refractivity contribution is 0.295. The van der Waals surface area contributed by atoms with Gasteiger partial charge in [-0.15, -0.1) is 20.4 Å². The van der Waals surface area contributed by atoms with Crippen LogP contribution in [0.2, 0.25) is 0 Å². The van der Waals surface area contributed by atoms with Gasteiger partial charge in [0.2, 0.25) is 5.82 Å². The molecule has 76 valence electrons. The lowest BCUT2D eigenvalue weighted by atomic mass is 10.2. The van der Waals surface area contributed by atoms with E-state index in [1.165, 1.54) is 0 Å². The van der Waals surface area contributed by atoms with Gasteiger partial charge in [-0.05, 0) is 0 Å².